The predicted molar refractivity (Wildman–Crippen MR) is 77.9 cm³/mol. The molecule has 0 radical (unpaired) electrons. The van der Waals surface area contributed by atoms with Crippen molar-refractivity contribution in [3.63, 3.8) is 0 Å². The second-order valence-electron chi connectivity index (χ2n) is 4.53. The lowest BCUT2D eigenvalue weighted by atomic mass is 10.1. The van der Waals surface area contributed by atoms with Gasteiger partial charge in [-0.05, 0) is 30.5 Å². The molecule has 21 heavy (non-hydrogen) atoms. The highest BCUT2D eigenvalue weighted by atomic mass is 32.1. The van der Waals surface area contributed by atoms with Gasteiger partial charge in [0.15, 0.2) is 0 Å². The van der Waals surface area contributed by atoms with Crippen LogP contribution in [0.2, 0.25) is 0 Å². The first-order valence-electron chi connectivity index (χ1n) is 6.16. The van der Waals surface area contributed by atoms with E-state index < -0.39 is 16.4 Å². The van der Waals surface area contributed by atoms with Crippen molar-refractivity contribution in [1.82, 2.24) is 4.90 Å². The zero-order valence-electron chi connectivity index (χ0n) is 11.4. The van der Waals surface area contributed by atoms with Gasteiger partial charge in [0.25, 0.3) is 5.91 Å². The number of halogens is 1. The number of carbonyl (C=O) groups excluding carboxylic acids is 1. The number of nitrogens with zero attached hydrogens (tertiary/aromatic N) is 2. The van der Waals surface area contributed by atoms with Crippen molar-refractivity contribution in [2.24, 2.45) is 0 Å². The molecule has 2 aromatic rings. The molecule has 0 aliphatic carbocycles. The van der Waals surface area contributed by atoms with E-state index in [2.05, 4.69) is 0 Å². The lowest BCUT2D eigenvalue weighted by Gasteiger charge is -2.24. The summed E-state index contributed by atoms with van der Waals surface area (Å²) in [7, 11) is 1.61. The topological polar surface area (TPSA) is 63.5 Å². The van der Waals surface area contributed by atoms with Crippen molar-refractivity contribution in [1.29, 1.82) is 0 Å². The van der Waals surface area contributed by atoms with Crippen molar-refractivity contribution >= 4 is 22.9 Å². The minimum absolute atomic E-state index is 0.0917. The number of carbonyl (C=O) groups is 1. The molecular weight excluding hydrogens is 295 g/mol. The van der Waals surface area contributed by atoms with Crippen LogP contribution in [-0.4, -0.2) is 22.8 Å². The normalized spacial score (nSPS) is 12.0. The van der Waals surface area contributed by atoms with E-state index in [-0.39, 0.29) is 17.5 Å². The molecule has 5 nitrogen and oxygen atoms in total. The molecular formula is C14H13FN2O3S. The van der Waals surface area contributed by atoms with Crippen LogP contribution in [-0.2, 0) is 0 Å². The van der Waals surface area contributed by atoms with Crippen molar-refractivity contribution in [3.05, 3.63) is 62.1 Å². The average Bonchev–Trinajstić information content (AvgIpc) is 2.99. The summed E-state index contributed by atoms with van der Waals surface area (Å²) in [5.41, 5.74) is -0.605. The summed E-state index contributed by atoms with van der Waals surface area (Å²) in [5.74, 6) is -1.34. The number of benzene rings is 1. The minimum atomic E-state index is -0.953. The SMILES string of the molecule is CC(c1cccs1)N(C)C(=O)c1ccc(F)c([N+](=O)[O-])c1. The Morgan fingerprint density at radius 1 is 1.43 bits per heavy atom. The van der Waals surface area contributed by atoms with Crippen LogP contribution in [0.1, 0.15) is 28.2 Å². The highest BCUT2D eigenvalue weighted by molar-refractivity contribution is 7.10. The number of nitro benzene ring substituents is 1. The van der Waals surface area contributed by atoms with Gasteiger partial charge in [-0.25, -0.2) is 0 Å². The van der Waals surface area contributed by atoms with Crippen LogP contribution in [0, 0.1) is 15.9 Å². The highest BCUT2D eigenvalue weighted by Crippen LogP contribution is 2.26. The molecule has 0 aliphatic rings. The molecule has 1 amide bonds. The van der Waals surface area contributed by atoms with E-state index in [0.717, 1.165) is 17.0 Å². The second kappa shape index (κ2) is 6.01. The fourth-order valence-electron chi connectivity index (χ4n) is 1.88. The van der Waals surface area contributed by atoms with E-state index >= 15 is 0 Å². The molecule has 0 aliphatic heterocycles. The summed E-state index contributed by atoms with van der Waals surface area (Å²) in [6, 6.07) is 6.79. The maximum Gasteiger partial charge on any atom is 0.305 e. The molecule has 0 N–H and O–H groups in total. The largest absolute Gasteiger partial charge is 0.334 e. The van der Waals surface area contributed by atoms with Crippen molar-refractivity contribution in [3.8, 4) is 0 Å². The van der Waals surface area contributed by atoms with Gasteiger partial charge in [-0.3, -0.25) is 14.9 Å². The molecule has 1 aromatic carbocycles. The van der Waals surface area contributed by atoms with Gasteiger partial charge in [0.2, 0.25) is 5.82 Å². The molecule has 1 unspecified atom stereocenters. The number of nitro groups is 1. The predicted octanol–water partition coefficient (Wildman–Crippen LogP) is 3.63. The summed E-state index contributed by atoms with van der Waals surface area (Å²) in [5, 5.41) is 12.6. The van der Waals surface area contributed by atoms with Gasteiger partial charge in [0, 0.05) is 23.6 Å². The van der Waals surface area contributed by atoms with Crippen LogP contribution >= 0.6 is 11.3 Å². The Kier molecular flexibility index (Phi) is 4.32. The Morgan fingerprint density at radius 3 is 2.71 bits per heavy atom. The Morgan fingerprint density at radius 2 is 2.14 bits per heavy atom. The van der Waals surface area contributed by atoms with Crippen LogP contribution in [0.4, 0.5) is 10.1 Å². The van der Waals surface area contributed by atoms with E-state index in [1.807, 2.05) is 24.4 Å². The zero-order chi connectivity index (χ0) is 15.6. The van der Waals surface area contributed by atoms with E-state index in [1.165, 1.54) is 22.3 Å². The molecule has 0 fully saturated rings. The maximum atomic E-state index is 13.3. The summed E-state index contributed by atoms with van der Waals surface area (Å²) in [6.45, 7) is 1.86. The van der Waals surface area contributed by atoms with Crippen LogP contribution in [0.5, 0.6) is 0 Å². The summed E-state index contributed by atoms with van der Waals surface area (Å²) < 4.78 is 13.3. The third-order valence-electron chi connectivity index (χ3n) is 3.25. The first kappa shape index (κ1) is 15.1. The molecule has 0 saturated heterocycles. The van der Waals surface area contributed by atoms with E-state index in [0.29, 0.717) is 0 Å². The number of hydrogen-bond donors (Lipinski definition) is 0. The summed E-state index contributed by atoms with van der Waals surface area (Å²) in [4.78, 5) is 24.7. The third kappa shape index (κ3) is 3.08. The fourth-order valence-corrected chi connectivity index (χ4v) is 2.71. The van der Waals surface area contributed by atoms with Crippen molar-refractivity contribution in [2.75, 3.05) is 7.05 Å². The van der Waals surface area contributed by atoms with Gasteiger partial charge in [-0.2, -0.15) is 4.39 Å². The maximum absolute atomic E-state index is 13.3. The Balaban J connectivity index is 2.27. The van der Waals surface area contributed by atoms with Crippen LogP contribution in [0.3, 0.4) is 0 Å². The standard InChI is InChI=1S/C14H13FN2O3S/c1-9(13-4-3-7-21-13)16(2)14(18)10-5-6-11(15)12(8-10)17(19)20/h3-9H,1-2H3. The third-order valence-corrected chi connectivity index (χ3v) is 4.29. The first-order valence-corrected chi connectivity index (χ1v) is 7.04. The minimum Gasteiger partial charge on any atom is -0.334 e. The Bertz CT molecular complexity index is 673. The first-order chi connectivity index (χ1) is 9.91. The quantitative estimate of drug-likeness (QED) is 0.640. The van der Waals surface area contributed by atoms with Gasteiger partial charge < -0.3 is 4.90 Å². The lowest BCUT2D eigenvalue weighted by molar-refractivity contribution is -0.387. The number of rotatable bonds is 4. The van der Waals surface area contributed by atoms with Crippen LogP contribution < -0.4 is 0 Å². The molecule has 1 atom stereocenters. The van der Waals surface area contributed by atoms with Gasteiger partial charge >= 0.3 is 5.69 Å². The summed E-state index contributed by atoms with van der Waals surface area (Å²) in [6.07, 6.45) is 0. The van der Waals surface area contributed by atoms with Crippen molar-refractivity contribution < 1.29 is 14.1 Å². The molecule has 1 heterocycles. The Hall–Kier alpha value is -2.28. The number of thiophene rings is 1. The van der Waals surface area contributed by atoms with Crippen LogP contribution in [0.15, 0.2) is 35.7 Å². The molecule has 0 saturated carbocycles. The van der Waals surface area contributed by atoms with Gasteiger partial charge in [0.1, 0.15) is 0 Å². The van der Waals surface area contributed by atoms with Crippen LogP contribution in [0.25, 0.3) is 0 Å². The van der Waals surface area contributed by atoms with Gasteiger partial charge in [0.05, 0.1) is 11.0 Å². The molecule has 1 aromatic heterocycles. The zero-order valence-corrected chi connectivity index (χ0v) is 12.3. The molecule has 7 heteroatoms. The highest BCUT2D eigenvalue weighted by Gasteiger charge is 2.23. The number of amides is 1. The smallest absolute Gasteiger partial charge is 0.305 e. The molecule has 2 rings (SSSR count). The molecule has 0 spiro atoms. The van der Waals surface area contributed by atoms with Gasteiger partial charge in [-0.15, -0.1) is 11.3 Å². The molecule has 110 valence electrons. The molecule has 0 bridgehead atoms. The van der Waals surface area contributed by atoms with E-state index in [9.17, 15) is 19.3 Å². The lowest BCUT2D eigenvalue weighted by Crippen LogP contribution is -2.29. The fraction of sp³-hybridized carbons (Fsp3) is 0.214. The average molecular weight is 308 g/mol. The monoisotopic (exact) mass is 308 g/mol. The second-order valence-corrected chi connectivity index (χ2v) is 5.51. The van der Waals surface area contributed by atoms with E-state index in [4.69, 9.17) is 0 Å². The van der Waals surface area contributed by atoms with Gasteiger partial charge in [-0.1, -0.05) is 6.07 Å². The van der Waals surface area contributed by atoms with Crippen molar-refractivity contribution in [2.45, 2.75) is 13.0 Å². The summed E-state index contributed by atoms with van der Waals surface area (Å²) >= 11 is 1.52. The Labute approximate surface area is 124 Å². The van der Waals surface area contributed by atoms with E-state index in [1.54, 1.807) is 7.05 Å². The number of hydrogen-bond acceptors (Lipinski definition) is 4.